The number of nitrogens with zero attached hydrogens (tertiary/aromatic N) is 17. The molecule has 25 heteroatoms. The van der Waals surface area contributed by atoms with E-state index in [1.807, 2.05) is 96.3 Å². The van der Waals surface area contributed by atoms with Gasteiger partial charge in [-0.15, -0.1) is 0 Å². The molecule has 1 aromatic rings. The normalized spacial score (nSPS) is 21.2. The summed E-state index contributed by atoms with van der Waals surface area (Å²) in [6, 6.07) is 7.41. The predicted octanol–water partition coefficient (Wildman–Crippen LogP) is 15.1. The molecule has 14 amide bonds. The van der Waals surface area contributed by atoms with Crippen molar-refractivity contribution in [2.24, 2.45) is 0 Å². The molecule has 8 rings (SSSR count). The molecule has 0 unspecified atom stereocenters. The molecule has 7 aliphatic rings. The van der Waals surface area contributed by atoms with Gasteiger partial charge in [0.15, 0.2) is 0 Å². The second-order valence-corrected chi connectivity index (χ2v) is 35.4. The molecule has 606 valence electrons. The summed E-state index contributed by atoms with van der Waals surface area (Å²) in [7, 11) is 0. The minimum absolute atomic E-state index is 0.0278. The Labute approximate surface area is 633 Å². The third kappa shape index (κ3) is 25.0. The second-order valence-electron chi connectivity index (χ2n) is 35.4. The summed E-state index contributed by atoms with van der Waals surface area (Å²) < 4.78 is 3.11. The zero-order valence-corrected chi connectivity index (χ0v) is 73.6. The first-order valence-corrected chi connectivity index (χ1v) is 39.7. The van der Waals surface area contributed by atoms with Crippen LogP contribution in [0.5, 0.6) is 0 Å². The quantitative estimate of drug-likeness (QED) is 0.154. The first-order chi connectivity index (χ1) is 47.4. The highest BCUT2D eigenvalue weighted by Gasteiger charge is 2.47. The fourth-order valence-electron chi connectivity index (χ4n) is 14.9. The van der Waals surface area contributed by atoms with Gasteiger partial charge >= 0.3 is 47.9 Å². The summed E-state index contributed by atoms with van der Waals surface area (Å²) in [4.78, 5) is 122. The van der Waals surface area contributed by atoms with Crippen molar-refractivity contribution in [1.29, 1.82) is 0 Å². The van der Waals surface area contributed by atoms with Gasteiger partial charge in [-0.25, -0.2) is 43.0 Å². The molecular formula is C79H157N17O8. The van der Waals surface area contributed by atoms with Crippen molar-refractivity contribution in [2.45, 2.75) is 409 Å². The van der Waals surface area contributed by atoms with Crippen LogP contribution >= 0.6 is 0 Å². The van der Waals surface area contributed by atoms with Gasteiger partial charge < -0.3 is 68.6 Å². The number of hydrogen-bond donors (Lipinski definition) is 0. The van der Waals surface area contributed by atoms with E-state index in [0.29, 0.717) is 96.7 Å². The van der Waals surface area contributed by atoms with Gasteiger partial charge in [-0.3, -0.25) is 4.57 Å². The second kappa shape index (κ2) is 40.7. The minimum atomic E-state index is -0.0322. The number of urea groups is 7. The predicted molar refractivity (Wildman–Crippen MR) is 428 cm³/mol. The summed E-state index contributed by atoms with van der Waals surface area (Å²) in [5.74, 6) is 0. The first kappa shape index (κ1) is 95.8. The van der Waals surface area contributed by atoms with Gasteiger partial charge in [-0.2, -0.15) is 5.10 Å². The van der Waals surface area contributed by atoms with Crippen molar-refractivity contribution in [2.75, 3.05) is 52.4 Å². The standard InChI is InChI=1S/2C11H22N2O.4C10H20N2O.C9H18N2O.C8H15N3O/c2*1-8(2)12-7-11(5,6)13(9(3)4)10(12)14;4*1-7(2)11-6-9(5)12(8(3)4)10(11)13;1-7(2)10-5-6-11(8(3)4)9(10)12;1-6(2)10-5-9-11(7(3)4)8(10)12/h2*8-9H,7H2,1-6H3;4*7-9H,6H2,1-5H3;7-8H,5-6H2,1-4H3;5-7H,1-4H3/t;;4*9-;;/m..1100../s1. The fraction of sp³-hybridized carbons (Fsp3) is 0.886. The Kier molecular flexibility index (Phi) is 37.5. The van der Waals surface area contributed by atoms with Crippen LogP contribution in [0.25, 0.3) is 0 Å². The fourth-order valence-corrected chi connectivity index (χ4v) is 14.9. The molecule has 7 fully saturated rings. The van der Waals surface area contributed by atoms with E-state index in [0.717, 1.165) is 52.4 Å². The summed E-state index contributed by atoms with van der Waals surface area (Å²) >= 11 is 0. The average Bonchev–Trinajstić information content (AvgIpc) is 1.64. The number of carbonyl (C=O) groups excluding carboxylic acids is 7. The molecule has 7 aliphatic heterocycles. The van der Waals surface area contributed by atoms with Crippen LogP contribution in [0.15, 0.2) is 11.1 Å². The monoisotopic (exact) mass is 1470 g/mol. The van der Waals surface area contributed by atoms with E-state index in [-0.39, 0.29) is 83.2 Å². The van der Waals surface area contributed by atoms with E-state index < -0.39 is 0 Å². The molecule has 1 aromatic heterocycles. The lowest BCUT2D eigenvalue weighted by Gasteiger charge is -2.33. The summed E-state index contributed by atoms with van der Waals surface area (Å²) in [5.41, 5.74) is -0.0922. The van der Waals surface area contributed by atoms with Gasteiger partial charge in [-0.1, -0.05) is 0 Å². The van der Waals surface area contributed by atoms with Gasteiger partial charge in [0.2, 0.25) is 0 Å². The SMILES string of the molecule is CC(C)N1CC(C)(C)N(C(C)C)C1=O.CC(C)N1CC(C)(C)N(C(C)C)C1=O.CC(C)N1CCN(C(C)C)C1=O.CC(C)N1C[C@@H](C)N(C(C)C)C1=O.CC(C)N1C[C@@H](C)N(C(C)C)C1=O.CC(C)N1C[C@H](C)N(C(C)C)C1=O.CC(C)N1C[C@H](C)N(C(C)C)C1=O.CC(C)n1cnn(C(C)C)c1=O. The van der Waals surface area contributed by atoms with Crippen LogP contribution in [-0.4, -0.2) is 297 Å². The maximum absolute atomic E-state index is 12.1. The van der Waals surface area contributed by atoms with Crippen molar-refractivity contribution in [1.82, 2.24) is 82.9 Å². The van der Waals surface area contributed by atoms with E-state index in [9.17, 15) is 38.4 Å². The smallest absolute Gasteiger partial charge is 0.320 e. The molecule has 25 nitrogen and oxygen atoms in total. The zero-order valence-electron chi connectivity index (χ0n) is 73.6. The zero-order chi connectivity index (χ0) is 81.5. The average molecular weight is 1470 g/mol. The Bertz CT molecular complexity index is 2620. The third-order valence-electron chi connectivity index (χ3n) is 20.0. The van der Waals surface area contributed by atoms with Crippen LogP contribution in [0, 0.1) is 0 Å². The molecule has 104 heavy (non-hydrogen) atoms. The lowest BCUT2D eigenvalue weighted by Crippen LogP contribution is -2.46. The molecular weight excluding hydrogens is 1310 g/mol. The Balaban J connectivity index is 0.000000595. The van der Waals surface area contributed by atoms with E-state index in [2.05, 4.69) is 254 Å². The summed E-state index contributed by atoms with van der Waals surface area (Å²) in [6.07, 6.45) is 1.59. The Hall–Kier alpha value is -6.17. The van der Waals surface area contributed by atoms with E-state index in [4.69, 9.17) is 0 Å². The van der Waals surface area contributed by atoms with Crippen molar-refractivity contribution in [3.63, 3.8) is 0 Å². The van der Waals surface area contributed by atoms with Crippen LogP contribution in [0.2, 0.25) is 0 Å². The summed E-state index contributed by atoms with van der Waals surface area (Å²) in [6.45, 7) is 89.6. The van der Waals surface area contributed by atoms with Gasteiger partial charge in [0.05, 0.1) is 17.1 Å². The topological polar surface area (TPSA) is 205 Å². The molecule has 0 aliphatic carbocycles. The van der Waals surface area contributed by atoms with E-state index >= 15 is 0 Å². The summed E-state index contributed by atoms with van der Waals surface area (Å²) in [5, 5.41) is 4.00. The van der Waals surface area contributed by atoms with Crippen LogP contribution in [-0.2, 0) is 0 Å². The molecule has 0 bridgehead atoms. The van der Waals surface area contributed by atoms with Crippen molar-refractivity contribution >= 4 is 42.2 Å². The maximum Gasteiger partial charge on any atom is 0.346 e. The molecule has 7 saturated heterocycles. The van der Waals surface area contributed by atoms with Gasteiger partial charge in [0.25, 0.3) is 0 Å². The van der Waals surface area contributed by atoms with Crippen molar-refractivity contribution < 1.29 is 33.6 Å². The minimum Gasteiger partial charge on any atom is -0.320 e. The molecule has 0 spiro atoms. The lowest BCUT2D eigenvalue weighted by atomic mass is 10.0. The maximum atomic E-state index is 12.1. The number of aromatic nitrogens is 3. The van der Waals surface area contributed by atoms with Crippen LogP contribution in [0.1, 0.15) is 289 Å². The highest BCUT2D eigenvalue weighted by molar-refractivity contribution is 5.81. The van der Waals surface area contributed by atoms with Gasteiger partial charge in [-0.05, 0) is 277 Å². The van der Waals surface area contributed by atoms with Crippen LogP contribution < -0.4 is 5.69 Å². The highest BCUT2D eigenvalue weighted by Crippen LogP contribution is 2.32. The van der Waals surface area contributed by atoms with E-state index in [1.54, 1.807) is 10.9 Å². The number of hydrogen-bond acceptors (Lipinski definition) is 9. The van der Waals surface area contributed by atoms with Crippen LogP contribution in [0.3, 0.4) is 0 Å². The molecule has 0 radical (unpaired) electrons. The molecule has 4 atom stereocenters. The Morgan fingerprint density at radius 2 is 0.500 bits per heavy atom. The largest absolute Gasteiger partial charge is 0.346 e. The van der Waals surface area contributed by atoms with Gasteiger partial charge in [0.1, 0.15) is 6.33 Å². The molecule has 0 N–H and O–H groups in total. The highest BCUT2D eigenvalue weighted by atomic mass is 16.2. The Morgan fingerprint density at radius 3 is 0.606 bits per heavy atom. The third-order valence-corrected chi connectivity index (χ3v) is 20.0. The van der Waals surface area contributed by atoms with Crippen LogP contribution in [0.4, 0.5) is 33.6 Å². The van der Waals surface area contributed by atoms with E-state index in [1.165, 1.54) is 4.68 Å². The van der Waals surface area contributed by atoms with Crippen molar-refractivity contribution in [3.05, 3.63) is 16.8 Å². The van der Waals surface area contributed by atoms with Crippen molar-refractivity contribution in [3.8, 4) is 0 Å². The molecule has 0 saturated carbocycles. The number of amides is 14. The Morgan fingerprint density at radius 1 is 0.279 bits per heavy atom. The number of rotatable bonds is 16. The molecule has 8 heterocycles. The molecule has 0 aromatic carbocycles. The lowest BCUT2D eigenvalue weighted by molar-refractivity contribution is 0.147. The van der Waals surface area contributed by atoms with Gasteiger partial charge in [0, 0.05) is 167 Å². The number of carbonyl (C=O) groups is 7. The first-order valence-electron chi connectivity index (χ1n) is 39.7.